The van der Waals surface area contributed by atoms with E-state index < -0.39 is 0 Å². The van der Waals surface area contributed by atoms with Crippen molar-refractivity contribution < 1.29 is 19.1 Å². The van der Waals surface area contributed by atoms with Crippen LogP contribution >= 0.6 is 0 Å². The van der Waals surface area contributed by atoms with Crippen molar-refractivity contribution in [3.05, 3.63) is 35.9 Å². The van der Waals surface area contributed by atoms with Crippen molar-refractivity contribution >= 4 is 17.5 Å². The first-order valence-corrected chi connectivity index (χ1v) is 11.8. The van der Waals surface area contributed by atoms with E-state index in [1.807, 2.05) is 23.1 Å². The summed E-state index contributed by atoms with van der Waals surface area (Å²) in [4.78, 5) is 27.7. The fourth-order valence-corrected chi connectivity index (χ4v) is 5.10. The number of benzene rings is 1. The summed E-state index contributed by atoms with van der Waals surface area (Å²) in [5.74, 6) is 1.50. The molecule has 1 aliphatic carbocycles. The molecule has 2 heterocycles. The highest BCUT2D eigenvalue weighted by Crippen LogP contribution is 2.38. The molecule has 1 aromatic carbocycles. The molecule has 0 spiro atoms. The number of nitrogens with two attached hydrogens (primary N) is 1. The molecule has 4 rings (SSSR count). The van der Waals surface area contributed by atoms with Crippen LogP contribution < -0.4 is 15.2 Å². The van der Waals surface area contributed by atoms with Gasteiger partial charge in [0.15, 0.2) is 11.5 Å². The second-order valence-corrected chi connectivity index (χ2v) is 8.90. The average molecular weight is 455 g/mol. The number of amides is 2. The van der Waals surface area contributed by atoms with Gasteiger partial charge in [0.05, 0.1) is 31.9 Å². The molecule has 0 bridgehead atoms. The highest BCUT2D eigenvalue weighted by atomic mass is 16.5. The van der Waals surface area contributed by atoms with Gasteiger partial charge in [0.25, 0.3) is 0 Å². The fraction of sp³-hybridized carbons (Fsp3) is 0.560. The molecule has 33 heavy (non-hydrogen) atoms. The van der Waals surface area contributed by atoms with Gasteiger partial charge in [-0.05, 0) is 56.8 Å². The molecule has 1 fully saturated rings. The van der Waals surface area contributed by atoms with E-state index in [9.17, 15) is 9.59 Å². The van der Waals surface area contributed by atoms with E-state index >= 15 is 0 Å². The lowest BCUT2D eigenvalue weighted by Crippen LogP contribution is -2.52. The van der Waals surface area contributed by atoms with E-state index in [2.05, 4.69) is 12.2 Å². The first-order chi connectivity index (χ1) is 16.1. The Morgan fingerprint density at radius 3 is 2.45 bits per heavy atom. The standard InChI is InChI=1S/C25H34N4O4/c1-32-21-10-9-17(16-22(21)33-2)24-19-6-3-4-7-20(19)25(31)29(27-24)18-11-14-28(15-12-18)23(30)8-5-13-26/h3-4,9-10,16,18-20H,5-8,11-15,26H2,1-2H3/t19-,20+/m0/s1. The molecule has 3 aliphatic rings. The first-order valence-electron chi connectivity index (χ1n) is 11.8. The number of likely N-dealkylation sites (tertiary alicyclic amines) is 1. The maximum absolute atomic E-state index is 13.5. The predicted molar refractivity (Wildman–Crippen MR) is 126 cm³/mol. The maximum atomic E-state index is 13.5. The largest absolute Gasteiger partial charge is 0.493 e. The summed E-state index contributed by atoms with van der Waals surface area (Å²) in [6.07, 6.45) is 8.43. The fourth-order valence-electron chi connectivity index (χ4n) is 5.10. The van der Waals surface area contributed by atoms with Crippen LogP contribution in [-0.4, -0.2) is 67.3 Å². The number of allylic oxidation sites excluding steroid dienone is 2. The van der Waals surface area contributed by atoms with Crippen molar-refractivity contribution in [3.63, 3.8) is 0 Å². The van der Waals surface area contributed by atoms with E-state index in [1.54, 1.807) is 19.2 Å². The minimum Gasteiger partial charge on any atom is -0.493 e. The van der Waals surface area contributed by atoms with Crippen molar-refractivity contribution in [3.8, 4) is 11.5 Å². The second kappa shape index (κ2) is 10.4. The molecule has 178 valence electrons. The third kappa shape index (κ3) is 4.76. The van der Waals surface area contributed by atoms with Crippen molar-refractivity contribution in [1.82, 2.24) is 9.91 Å². The number of carbonyl (C=O) groups excluding carboxylic acids is 2. The normalized spacial score (nSPS) is 23.2. The zero-order valence-electron chi connectivity index (χ0n) is 19.5. The number of methoxy groups -OCH3 is 2. The van der Waals surface area contributed by atoms with Gasteiger partial charge in [-0.15, -0.1) is 0 Å². The molecule has 2 amide bonds. The lowest BCUT2D eigenvalue weighted by molar-refractivity contribution is -0.142. The van der Waals surface area contributed by atoms with Gasteiger partial charge in [0.2, 0.25) is 11.8 Å². The lowest BCUT2D eigenvalue weighted by Gasteiger charge is -2.42. The lowest BCUT2D eigenvalue weighted by atomic mass is 9.76. The molecular formula is C25H34N4O4. The Hall–Kier alpha value is -2.87. The minimum atomic E-state index is -0.111. The third-order valence-corrected chi connectivity index (χ3v) is 6.98. The summed E-state index contributed by atoms with van der Waals surface area (Å²) in [7, 11) is 3.24. The van der Waals surface area contributed by atoms with Crippen LogP contribution in [0.15, 0.2) is 35.5 Å². The number of piperidine rings is 1. The molecule has 8 nitrogen and oxygen atoms in total. The van der Waals surface area contributed by atoms with Gasteiger partial charge in [-0.1, -0.05) is 12.2 Å². The number of nitrogens with zero attached hydrogens (tertiary/aromatic N) is 3. The topological polar surface area (TPSA) is 97.5 Å². The first kappa shape index (κ1) is 23.3. The van der Waals surface area contributed by atoms with Gasteiger partial charge >= 0.3 is 0 Å². The van der Waals surface area contributed by atoms with Gasteiger partial charge in [-0.3, -0.25) is 9.59 Å². The molecule has 1 aromatic rings. The molecule has 0 saturated carbocycles. The number of hydrogen-bond acceptors (Lipinski definition) is 6. The number of carbonyl (C=O) groups is 2. The third-order valence-electron chi connectivity index (χ3n) is 6.98. The van der Waals surface area contributed by atoms with Crippen LogP contribution in [0.2, 0.25) is 0 Å². The molecule has 0 radical (unpaired) electrons. The molecule has 0 unspecified atom stereocenters. The van der Waals surface area contributed by atoms with Gasteiger partial charge < -0.3 is 20.1 Å². The Labute approximate surface area is 195 Å². The zero-order valence-corrected chi connectivity index (χ0v) is 19.5. The maximum Gasteiger partial charge on any atom is 0.247 e. The predicted octanol–water partition coefficient (Wildman–Crippen LogP) is 2.56. The van der Waals surface area contributed by atoms with Gasteiger partial charge in [-0.2, -0.15) is 5.10 Å². The van der Waals surface area contributed by atoms with Crippen LogP contribution in [0, 0.1) is 11.8 Å². The highest BCUT2D eigenvalue weighted by Gasteiger charge is 2.43. The van der Waals surface area contributed by atoms with Crippen LogP contribution in [0.5, 0.6) is 11.5 Å². The van der Waals surface area contributed by atoms with E-state index in [4.69, 9.17) is 20.3 Å². The Kier molecular flexibility index (Phi) is 7.33. The van der Waals surface area contributed by atoms with Crippen molar-refractivity contribution in [2.45, 2.75) is 44.6 Å². The number of hydrogen-bond donors (Lipinski definition) is 1. The van der Waals surface area contributed by atoms with E-state index in [0.29, 0.717) is 44.0 Å². The van der Waals surface area contributed by atoms with Crippen molar-refractivity contribution in [2.24, 2.45) is 22.7 Å². The molecule has 2 aliphatic heterocycles. The zero-order chi connectivity index (χ0) is 23.4. The second-order valence-electron chi connectivity index (χ2n) is 8.90. The van der Waals surface area contributed by atoms with Crippen LogP contribution in [0.1, 0.15) is 44.1 Å². The van der Waals surface area contributed by atoms with Crippen molar-refractivity contribution in [1.29, 1.82) is 0 Å². The van der Waals surface area contributed by atoms with Gasteiger partial charge in [0.1, 0.15) is 0 Å². The quantitative estimate of drug-likeness (QED) is 0.639. The minimum absolute atomic E-state index is 0.00180. The summed E-state index contributed by atoms with van der Waals surface area (Å²) in [5, 5.41) is 6.66. The molecule has 1 saturated heterocycles. The Morgan fingerprint density at radius 1 is 1.09 bits per heavy atom. The van der Waals surface area contributed by atoms with Gasteiger partial charge in [-0.25, -0.2) is 5.01 Å². The van der Waals surface area contributed by atoms with Crippen LogP contribution in [0.25, 0.3) is 0 Å². The molecular weight excluding hydrogens is 420 g/mol. The number of hydrazone groups is 1. The SMILES string of the molecule is COc1ccc(C2=NN(C3CCN(C(=O)CCCN)CC3)C(=O)[C@@H]3CC=CC[C@H]23)cc1OC. The number of rotatable bonds is 7. The Morgan fingerprint density at radius 2 is 1.79 bits per heavy atom. The van der Waals surface area contributed by atoms with Crippen LogP contribution in [0.3, 0.4) is 0 Å². The van der Waals surface area contributed by atoms with E-state index in [0.717, 1.165) is 37.0 Å². The summed E-state index contributed by atoms with van der Waals surface area (Å²) >= 11 is 0. The summed E-state index contributed by atoms with van der Waals surface area (Å²) < 4.78 is 10.9. The Balaban J connectivity index is 1.58. The summed E-state index contributed by atoms with van der Waals surface area (Å²) in [6.45, 7) is 1.81. The van der Waals surface area contributed by atoms with Crippen LogP contribution in [0.4, 0.5) is 0 Å². The molecule has 2 N–H and O–H groups in total. The smallest absolute Gasteiger partial charge is 0.247 e. The molecule has 8 heteroatoms. The summed E-state index contributed by atoms with van der Waals surface area (Å²) in [6, 6.07) is 5.82. The highest BCUT2D eigenvalue weighted by molar-refractivity contribution is 6.07. The molecule has 2 atom stereocenters. The van der Waals surface area contributed by atoms with Gasteiger partial charge in [0, 0.05) is 31.0 Å². The molecule has 0 aromatic heterocycles. The van der Waals surface area contributed by atoms with Crippen LogP contribution in [-0.2, 0) is 9.59 Å². The monoisotopic (exact) mass is 454 g/mol. The average Bonchev–Trinajstić information content (AvgIpc) is 2.87. The van der Waals surface area contributed by atoms with Crippen molar-refractivity contribution in [2.75, 3.05) is 33.9 Å². The van der Waals surface area contributed by atoms with E-state index in [-0.39, 0.29) is 29.7 Å². The summed E-state index contributed by atoms with van der Waals surface area (Å²) in [5.41, 5.74) is 7.41. The number of ether oxygens (including phenoxy) is 2. The Bertz CT molecular complexity index is 936. The number of fused-ring (bicyclic) bond motifs is 1. The van der Waals surface area contributed by atoms with E-state index in [1.165, 1.54) is 0 Å².